The van der Waals surface area contributed by atoms with Crippen LogP contribution >= 0.6 is 0 Å². The third kappa shape index (κ3) is 4.51. The SMILES string of the molecule is CN(C)C(=O)c1nn(Cc2ccccc2)c2c1C[C@H](NCc1cccc(F)c1F)CC2. The zero-order valence-electron chi connectivity index (χ0n) is 17.7. The van der Waals surface area contributed by atoms with E-state index in [1.54, 1.807) is 20.2 Å². The molecule has 2 aromatic carbocycles. The zero-order chi connectivity index (χ0) is 22.0. The number of fused-ring (bicyclic) bond motifs is 1. The van der Waals surface area contributed by atoms with Gasteiger partial charge >= 0.3 is 0 Å². The van der Waals surface area contributed by atoms with Crippen molar-refractivity contribution in [1.29, 1.82) is 0 Å². The molecule has 4 rings (SSSR count). The number of hydrogen-bond donors (Lipinski definition) is 1. The van der Waals surface area contributed by atoms with Crippen LogP contribution in [-0.2, 0) is 25.9 Å². The minimum Gasteiger partial charge on any atom is -0.343 e. The first kappa shape index (κ1) is 21.2. The average Bonchev–Trinajstić information content (AvgIpc) is 3.12. The van der Waals surface area contributed by atoms with Gasteiger partial charge in [-0.05, 0) is 30.9 Å². The summed E-state index contributed by atoms with van der Waals surface area (Å²) in [5, 5.41) is 8.01. The van der Waals surface area contributed by atoms with Crippen LogP contribution in [0.2, 0.25) is 0 Å². The maximum absolute atomic E-state index is 14.0. The Balaban J connectivity index is 1.56. The van der Waals surface area contributed by atoms with Gasteiger partial charge in [0.05, 0.1) is 6.54 Å². The van der Waals surface area contributed by atoms with E-state index in [0.29, 0.717) is 24.2 Å². The third-order valence-corrected chi connectivity index (χ3v) is 5.74. The largest absolute Gasteiger partial charge is 0.343 e. The fraction of sp³-hybridized carbons (Fsp3) is 0.333. The van der Waals surface area contributed by atoms with E-state index < -0.39 is 11.6 Å². The number of carbonyl (C=O) groups excluding carboxylic acids is 1. The molecular weight excluding hydrogens is 398 g/mol. The van der Waals surface area contributed by atoms with Crippen molar-refractivity contribution in [3.63, 3.8) is 0 Å². The van der Waals surface area contributed by atoms with E-state index in [0.717, 1.165) is 35.7 Å². The molecule has 0 aliphatic heterocycles. The number of hydrogen-bond acceptors (Lipinski definition) is 3. The van der Waals surface area contributed by atoms with Gasteiger partial charge in [-0.2, -0.15) is 5.10 Å². The number of benzene rings is 2. The van der Waals surface area contributed by atoms with Crippen LogP contribution in [0.25, 0.3) is 0 Å². The van der Waals surface area contributed by atoms with Crippen molar-refractivity contribution in [2.45, 2.75) is 38.4 Å². The fourth-order valence-electron chi connectivity index (χ4n) is 4.07. The second-order valence-corrected chi connectivity index (χ2v) is 8.15. The second kappa shape index (κ2) is 8.98. The first-order chi connectivity index (χ1) is 14.9. The van der Waals surface area contributed by atoms with Crippen molar-refractivity contribution in [3.05, 3.63) is 88.2 Å². The van der Waals surface area contributed by atoms with Crippen molar-refractivity contribution in [2.24, 2.45) is 0 Å². The molecule has 162 valence electrons. The third-order valence-electron chi connectivity index (χ3n) is 5.74. The highest BCUT2D eigenvalue weighted by Crippen LogP contribution is 2.27. The van der Waals surface area contributed by atoms with Gasteiger partial charge in [0.15, 0.2) is 17.3 Å². The van der Waals surface area contributed by atoms with Crippen LogP contribution in [-0.4, -0.2) is 40.7 Å². The van der Waals surface area contributed by atoms with E-state index in [4.69, 9.17) is 0 Å². The lowest BCUT2D eigenvalue weighted by atomic mass is 9.91. The van der Waals surface area contributed by atoms with Gasteiger partial charge in [-0.15, -0.1) is 0 Å². The average molecular weight is 424 g/mol. The molecule has 1 aromatic heterocycles. The standard InChI is InChI=1S/C24H26F2N4O/c1-29(2)24(31)23-19-13-18(27-14-17-9-6-10-20(25)22(17)26)11-12-21(19)30(28-23)15-16-7-4-3-5-8-16/h3-10,18,27H,11-15H2,1-2H3/t18-/m1/s1. The van der Waals surface area contributed by atoms with Crippen LogP contribution in [0.4, 0.5) is 8.78 Å². The van der Waals surface area contributed by atoms with Crippen molar-refractivity contribution in [2.75, 3.05) is 14.1 Å². The number of carbonyl (C=O) groups is 1. The molecule has 0 radical (unpaired) electrons. The highest BCUT2D eigenvalue weighted by Gasteiger charge is 2.30. The molecule has 7 heteroatoms. The normalized spacial score (nSPS) is 15.5. The summed E-state index contributed by atoms with van der Waals surface area (Å²) in [6.07, 6.45) is 2.22. The predicted octanol–water partition coefficient (Wildman–Crippen LogP) is 3.56. The van der Waals surface area contributed by atoms with E-state index in [9.17, 15) is 13.6 Å². The lowest BCUT2D eigenvalue weighted by molar-refractivity contribution is 0.0820. The van der Waals surface area contributed by atoms with Gasteiger partial charge in [0, 0.05) is 43.5 Å². The Morgan fingerprint density at radius 2 is 1.94 bits per heavy atom. The Kier molecular flexibility index (Phi) is 6.13. The van der Waals surface area contributed by atoms with Crippen molar-refractivity contribution in [1.82, 2.24) is 20.0 Å². The lowest BCUT2D eigenvalue weighted by Crippen LogP contribution is -2.35. The number of halogens is 2. The van der Waals surface area contributed by atoms with Gasteiger partial charge in [-0.1, -0.05) is 42.5 Å². The molecule has 3 aromatic rings. The lowest BCUT2D eigenvalue weighted by Gasteiger charge is -2.25. The summed E-state index contributed by atoms with van der Waals surface area (Å²) in [5.74, 6) is -1.78. The van der Waals surface area contributed by atoms with E-state index in [2.05, 4.69) is 10.4 Å². The Morgan fingerprint density at radius 3 is 2.68 bits per heavy atom. The van der Waals surface area contributed by atoms with Crippen LogP contribution < -0.4 is 5.32 Å². The van der Waals surface area contributed by atoms with Crippen molar-refractivity contribution in [3.8, 4) is 0 Å². The molecule has 1 atom stereocenters. The van der Waals surface area contributed by atoms with Gasteiger partial charge in [0.2, 0.25) is 0 Å². The van der Waals surface area contributed by atoms with Gasteiger partial charge in [-0.25, -0.2) is 8.78 Å². The monoisotopic (exact) mass is 424 g/mol. The smallest absolute Gasteiger partial charge is 0.274 e. The first-order valence-corrected chi connectivity index (χ1v) is 10.4. The number of rotatable bonds is 6. The summed E-state index contributed by atoms with van der Waals surface area (Å²) in [6.45, 7) is 0.842. The molecule has 1 aliphatic rings. The fourth-order valence-corrected chi connectivity index (χ4v) is 4.07. The summed E-state index contributed by atoms with van der Waals surface area (Å²) in [6, 6.07) is 14.3. The Hall–Kier alpha value is -3.06. The van der Waals surface area contributed by atoms with Crippen molar-refractivity contribution >= 4 is 5.91 Å². The maximum Gasteiger partial charge on any atom is 0.274 e. The minimum atomic E-state index is -0.841. The number of nitrogens with zero attached hydrogens (tertiary/aromatic N) is 3. The molecule has 1 aliphatic carbocycles. The maximum atomic E-state index is 14.0. The van der Waals surface area contributed by atoms with Gasteiger partial charge in [0.1, 0.15) is 0 Å². The highest BCUT2D eigenvalue weighted by atomic mass is 19.2. The molecule has 1 heterocycles. The molecule has 0 bridgehead atoms. The summed E-state index contributed by atoms with van der Waals surface area (Å²) >= 11 is 0. The zero-order valence-corrected chi connectivity index (χ0v) is 17.7. The van der Waals surface area contributed by atoms with Crippen LogP contribution in [0.15, 0.2) is 48.5 Å². The van der Waals surface area contributed by atoms with Crippen LogP contribution in [0.5, 0.6) is 0 Å². The molecule has 0 saturated carbocycles. The minimum absolute atomic E-state index is 0.0539. The van der Waals surface area contributed by atoms with E-state index in [1.165, 1.54) is 11.0 Å². The van der Waals surface area contributed by atoms with Gasteiger partial charge < -0.3 is 10.2 Å². The van der Waals surface area contributed by atoms with Crippen LogP contribution in [0.3, 0.4) is 0 Å². The highest BCUT2D eigenvalue weighted by molar-refractivity contribution is 5.93. The molecule has 5 nitrogen and oxygen atoms in total. The van der Waals surface area contributed by atoms with Crippen LogP contribution in [0.1, 0.15) is 39.3 Å². The van der Waals surface area contributed by atoms with Crippen molar-refractivity contribution < 1.29 is 13.6 Å². The van der Waals surface area contributed by atoms with E-state index >= 15 is 0 Å². The molecule has 1 amide bonds. The topological polar surface area (TPSA) is 50.2 Å². The quantitative estimate of drug-likeness (QED) is 0.658. The summed E-state index contributed by atoms with van der Waals surface area (Å²) in [4.78, 5) is 14.3. The predicted molar refractivity (Wildman–Crippen MR) is 115 cm³/mol. The number of nitrogens with one attached hydrogen (secondary N) is 1. The summed E-state index contributed by atoms with van der Waals surface area (Å²) in [7, 11) is 3.44. The number of aromatic nitrogens is 2. The molecule has 31 heavy (non-hydrogen) atoms. The summed E-state index contributed by atoms with van der Waals surface area (Å²) in [5.41, 5.74) is 3.91. The van der Waals surface area contributed by atoms with E-state index in [-0.39, 0.29) is 18.5 Å². The molecule has 0 saturated heterocycles. The van der Waals surface area contributed by atoms with Gasteiger partial charge in [0.25, 0.3) is 5.91 Å². The molecule has 1 N–H and O–H groups in total. The summed E-state index contributed by atoms with van der Waals surface area (Å²) < 4.78 is 29.4. The Morgan fingerprint density at radius 1 is 1.16 bits per heavy atom. The van der Waals surface area contributed by atoms with Gasteiger partial charge in [-0.3, -0.25) is 9.48 Å². The molecule has 0 fully saturated rings. The first-order valence-electron chi connectivity index (χ1n) is 10.4. The Bertz CT molecular complexity index is 1080. The van der Waals surface area contributed by atoms with E-state index in [1.807, 2.05) is 35.0 Å². The second-order valence-electron chi connectivity index (χ2n) is 8.15. The number of amides is 1. The molecular formula is C24H26F2N4O. The molecule has 0 unspecified atom stereocenters. The molecule has 0 spiro atoms. The van der Waals surface area contributed by atoms with Crippen LogP contribution in [0, 0.1) is 11.6 Å². The Labute approximate surface area is 180 Å².